The molecule has 2 nitrogen and oxygen atoms in total. The lowest BCUT2D eigenvalue weighted by molar-refractivity contribution is 0.309. The molecule has 2 aromatic rings. The van der Waals surface area contributed by atoms with Gasteiger partial charge in [-0.05, 0) is 42.3 Å². The minimum absolute atomic E-state index is 0.720. The molecule has 0 amide bonds. The van der Waals surface area contributed by atoms with Crippen molar-refractivity contribution in [1.29, 1.82) is 0 Å². The molecule has 0 unspecified atom stereocenters. The Balaban J connectivity index is 1.90. The van der Waals surface area contributed by atoms with E-state index in [1.807, 2.05) is 30.3 Å². The number of rotatable bonds is 7. The maximum Gasteiger partial charge on any atom is 0.119 e. The highest BCUT2D eigenvalue weighted by atomic mass is 79.9. The van der Waals surface area contributed by atoms with Crippen LogP contribution < -0.4 is 10.1 Å². The van der Waals surface area contributed by atoms with Crippen molar-refractivity contribution in [3.8, 4) is 5.75 Å². The third-order valence-corrected chi connectivity index (χ3v) is 3.92. The molecule has 2 aromatic carbocycles. The van der Waals surface area contributed by atoms with Crippen LogP contribution in [0.15, 0.2) is 46.9 Å². The molecule has 0 saturated heterocycles. The Morgan fingerprint density at radius 3 is 2.62 bits per heavy atom. The molecule has 0 atom stereocenters. The standard InChI is InChI=1S/C17H19BrClNO/c1-2-3-10-21-15-7-4-13(5-8-15)12-20-17-11-14(18)6-9-16(17)19/h4-9,11,20H,2-3,10,12H2,1H3. The van der Waals surface area contributed by atoms with Crippen molar-refractivity contribution in [2.75, 3.05) is 11.9 Å². The average Bonchev–Trinajstić information content (AvgIpc) is 2.50. The van der Waals surface area contributed by atoms with Crippen molar-refractivity contribution < 1.29 is 4.74 Å². The van der Waals surface area contributed by atoms with E-state index >= 15 is 0 Å². The third kappa shape index (κ3) is 5.25. The summed E-state index contributed by atoms with van der Waals surface area (Å²) in [4.78, 5) is 0. The summed E-state index contributed by atoms with van der Waals surface area (Å²) in [5.41, 5.74) is 2.11. The zero-order chi connectivity index (χ0) is 15.1. The summed E-state index contributed by atoms with van der Waals surface area (Å²) in [6, 6.07) is 13.9. The zero-order valence-electron chi connectivity index (χ0n) is 12.0. The second-order valence-electron chi connectivity index (χ2n) is 4.82. The molecule has 0 aliphatic heterocycles. The molecule has 1 N–H and O–H groups in total. The molecule has 0 aliphatic rings. The number of hydrogen-bond acceptors (Lipinski definition) is 2. The van der Waals surface area contributed by atoms with Gasteiger partial charge in [-0.1, -0.05) is 53.0 Å². The molecule has 0 fully saturated rings. The van der Waals surface area contributed by atoms with E-state index in [1.54, 1.807) is 0 Å². The van der Waals surface area contributed by atoms with E-state index in [0.717, 1.165) is 46.9 Å². The molecule has 4 heteroatoms. The van der Waals surface area contributed by atoms with Crippen molar-refractivity contribution >= 4 is 33.2 Å². The van der Waals surface area contributed by atoms with Crippen LogP contribution in [-0.2, 0) is 6.54 Å². The van der Waals surface area contributed by atoms with Crippen LogP contribution in [0.2, 0.25) is 5.02 Å². The maximum absolute atomic E-state index is 6.16. The van der Waals surface area contributed by atoms with E-state index in [9.17, 15) is 0 Å². The predicted molar refractivity (Wildman–Crippen MR) is 93.3 cm³/mol. The summed E-state index contributed by atoms with van der Waals surface area (Å²) in [7, 11) is 0. The number of ether oxygens (including phenoxy) is 1. The first-order valence-electron chi connectivity index (χ1n) is 7.09. The monoisotopic (exact) mass is 367 g/mol. The quantitative estimate of drug-likeness (QED) is 0.615. The van der Waals surface area contributed by atoms with E-state index in [1.165, 1.54) is 5.56 Å². The van der Waals surface area contributed by atoms with Crippen molar-refractivity contribution in [3.05, 3.63) is 57.5 Å². The van der Waals surface area contributed by atoms with E-state index in [4.69, 9.17) is 16.3 Å². The van der Waals surface area contributed by atoms with Gasteiger partial charge in [-0.2, -0.15) is 0 Å². The van der Waals surface area contributed by atoms with Crippen LogP contribution in [0.25, 0.3) is 0 Å². The van der Waals surface area contributed by atoms with Crippen LogP contribution in [0, 0.1) is 0 Å². The summed E-state index contributed by atoms with van der Waals surface area (Å²) in [5, 5.41) is 4.06. The lowest BCUT2D eigenvalue weighted by atomic mass is 10.2. The largest absolute Gasteiger partial charge is 0.494 e. The van der Waals surface area contributed by atoms with Gasteiger partial charge >= 0.3 is 0 Å². The van der Waals surface area contributed by atoms with Gasteiger partial charge in [0.2, 0.25) is 0 Å². The fourth-order valence-electron chi connectivity index (χ4n) is 1.87. The van der Waals surface area contributed by atoms with Gasteiger partial charge in [0, 0.05) is 11.0 Å². The predicted octanol–water partition coefficient (Wildman–Crippen LogP) is 5.89. The van der Waals surface area contributed by atoms with Gasteiger partial charge in [0.15, 0.2) is 0 Å². The Hall–Kier alpha value is -1.19. The van der Waals surface area contributed by atoms with E-state index in [0.29, 0.717) is 0 Å². The first kappa shape index (κ1) is 16.2. The number of nitrogens with one attached hydrogen (secondary N) is 1. The first-order valence-corrected chi connectivity index (χ1v) is 8.27. The fraction of sp³-hybridized carbons (Fsp3) is 0.294. The second kappa shape index (κ2) is 8.30. The minimum Gasteiger partial charge on any atom is -0.494 e. The number of anilines is 1. The molecular formula is C17H19BrClNO. The molecule has 0 bridgehead atoms. The van der Waals surface area contributed by atoms with Crippen LogP contribution in [0.1, 0.15) is 25.3 Å². The van der Waals surface area contributed by atoms with Gasteiger partial charge < -0.3 is 10.1 Å². The van der Waals surface area contributed by atoms with Gasteiger partial charge in [-0.25, -0.2) is 0 Å². The van der Waals surface area contributed by atoms with Crippen molar-refractivity contribution in [2.45, 2.75) is 26.3 Å². The SMILES string of the molecule is CCCCOc1ccc(CNc2cc(Br)ccc2Cl)cc1. The highest BCUT2D eigenvalue weighted by Gasteiger charge is 2.01. The van der Waals surface area contributed by atoms with Crippen LogP contribution >= 0.6 is 27.5 Å². The van der Waals surface area contributed by atoms with Crippen LogP contribution in [0.3, 0.4) is 0 Å². The fourth-order valence-corrected chi connectivity index (χ4v) is 2.41. The number of unbranched alkanes of at least 4 members (excludes halogenated alkanes) is 1. The zero-order valence-corrected chi connectivity index (χ0v) is 14.4. The molecule has 0 saturated carbocycles. The maximum atomic E-state index is 6.16. The van der Waals surface area contributed by atoms with Crippen LogP contribution in [0.5, 0.6) is 5.75 Å². The van der Waals surface area contributed by atoms with E-state index in [-0.39, 0.29) is 0 Å². The summed E-state index contributed by atoms with van der Waals surface area (Å²) in [6.07, 6.45) is 2.24. The minimum atomic E-state index is 0.720. The first-order chi connectivity index (χ1) is 10.2. The van der Waals surface area contributed by atoms with Crippen LogP contribution in [-0.4, -0.2) is 6.61 Å². The lowest BCUT2D eigenvalue weighted by Crippen LogP contribution is -2.00. The molecule has 0 heterocycles. The van der Waals surface area contributed by atoms with Crippen molar-refractivity contribution in [2.24, 2.45) is 0 Å². The lowest BCUT2D eigenvalue weighted by Gasteiger charge is -2.10. The summed E-state index contributed by atoms with van der Waals surface area (Å²) < 4.78 is 6.66. The molecular weight excluding hydrogens is 350 g/mol. The molecule has 0 radical (unpaired) electrons. The molecule has 0 spiro atoms. The van der Waals surface area contributed by atoms with Crippen molar-refractivity contribution in [1.82, 2.24) is 0 Å². The Kier molecular flexibility index (Phi) is 6.40. The average molecular weight is 369 g/mol. The van der Waals surface area contributed by atoms with Gasteiger partial charge in [0.1, 0.15) is 5.75 Å². The Morgan fingerprint density at radius 1 is 1.14 bits per heavy atom. The topological polar surface area (TPSA) is 21.3 Å². The molecule has 21 heavy (non-hydrogen) atoms. The van der Waals surface area contributed by atoms with Crippen molar-refractivity contribution in [3.63, 3.8) is 0 Å². The van der Waals surface area contributed by atoms with E-state index in [2.05, 4.69) is 40.3 Å². The normalized spacial score (nSPS) is 10.4. The van der Waals surface area contributed by atoms with E-state index < -0.39 is 0 Å². The third-order valence-electron chi connectivity index (χ3n) is 3.10. The highest BCUT2D eigenvalue weighted by Crippen LogP contribution is 2.26. The molecule has 112 valence electrons. The molecule has 2 rings (SSSR count). The highest BCUT2D eigenvalue weighted by molar-refractivity contribution is 9.10. The Labute approximate surface area is 139 Å². The molecule has 0 aromatic heterocycles. The van der Waals surface area contributed by atoms with Crippen LogP contribution in [0.4, 0.5) is 5.69 Å². The number of hydrogen-bond donors (Lipinski definition) is 1. The number of benzene rings is 2. The summed E-state index contributed by atoms with van der Waals surface area (Å²) >= 11 is 9.60. The number of halogens is 2. The second-order valence-corrected chi connectivity index (χ2v) is 6.15. The molecule has 0 aliphatic carbocycles. The smallest absolute Gasteiger partial charge is 0.119 e. The van der Waals surface area contributed by atoms with Gasteiger partial charge in [-0.15, -0.1) is 0 Å². The Bertz CT molecular complexity index is 572. The van der Waals surface area contributed by atoms with Gasteiger partial charge in [0.05, 0.1) is 17.3 Å². The Morgan fingerprint density at radius 2 is 1.90 bits per heavy atom. The summed E-state index contributed by atoms with van der Waals surface area (Å²) in [6.45, 7) is 3.67. The summed E-state index contributed by atoms with van der Waals surface area (Å²) in [5.74, 6) is 0.924. The van der Waals surface area contributed by atoms with Gasteiger partial charge in [0.25, 0.3) is 0 Å². The van der Waals surface area contributed by atoms with Gasteiger partial charge in [-0.3, -0.25) is 0 Å².